The molecule has 0 aromatic rings. The Balaban J connectivity index is 1.36. The first-order chi connectivity index (χ1) is 14.9. The van der Waals surface area contributed by atoms with Crippen LogP contribution in [-0.4, -0.2) is 45.8 Å². The number of amides is 1. The lowest BCUT2D eigenvalue weighted by atomic mass is 9.87. The van der Waals surface area contributed by atoms with Gasteiger partial charge in [-0.15, -0.1) is 0 Å². The number of fused-ring (bicyclic) bond motifs is 1. The second kappa shape index (κ2) is 11.7. The molecule has 176 valence electrons. The summed E-state index contributed by atoms with van der Waals surface area (Å²) in [5, 5.41) is 21.1. The van der Waals surface area contributed by atoms with E-state index in [9.17, 15) is 15.0 Å². The van der Waals surface area contributed by atoms with E-state index in [2.05, 4.69) is 25.2 Å². The maximum absolute atomic E-state index is 12.1. The predicted octanol–water partition coefficient (Wildman–Crippen LogP) is 5.39. The van der Waals surface area contributed by atoms with Gasteiger partial charge in [0.15, 0.2) is 0 Å². The molecule has 1 saturated carbocycles. The third-order valence-corrected chi connectivity index (χ3v) is 7.78. The molecule has 1 aliphatic heterocycles. The Morgan fingerprint density at radius 3 is 2.74 bits per heavy atom. The Kier molecular flexibility index (Phi) is 9.21. The number of aliphatic hydroxyl groups is 2. The zero-order valence-electron chi connectivity index (χ0n) is 19.9. The number of likely N-dealkylation sites (tertiary alicyclic amines) is 1. The maximum atomic E-state index is 12.1. The Morgan fingerprint density at radius 2 is 2.00 bits per heavy atom. The van der Waals surface area contributed by atoms with E-state index in [1.165, 1.54) is 19.3 Å². The van der Waals surface area contributed by atoms with Crippen molar-refractivity contribution < 1.29 is 15.0 Å². The Bertz CT molecular complexity index is 632. The molecule has 1 amide bonds. The zero-order valence-corrected chi connectivity index (χ0v) is 19.9. The van der Waals surface area contributed by atoms with Crippen LogP contribution in [-0.2, 0) is 4.79 Å². The second-order valence-electron chi connectivity index (χ2n) is 10.6. The molecule has 0 bridgehead atoms. The largest absolute Gasteiger partial charge is 0.392 e. The molecule has 31 heavy (non-hydrogen) atoms. The highest BCUT2D eigenvalue weighted by Crippen LogP contribution is 2.48. The fraction of sp³-hybridized carbons (Fsp3) is 0.815. The van der Waals surface area contributed by atoms with Crippen molar-refractivity contribution in [1.29, 1.82) is 0 Å². The van der Waals surface area contributed by atoms with Crippen molar-refractivity contribution in [2.75, 3.05) is 13.1 Å². The van der Waals surface area contributed by atoms with Crippen LogP contribution in [0.4, 0.5) is 0 Å². The number of carbonyl (C=O) groups excluding carboxylic acids is 1. The lowest BCUT2D eigenvalue weighted by molar-refractivity contribution is -0.130. The summed E-state index contributed by atoms with van der Waals surface area (Å²) in [6.45, 7) is 6.01. The second-order valence-corrected chi connectivity index (χ2v) is 10.6. The first-order valence-electron chi connectivity index (χ1n) is 12.9. The van der Waals surface area contributed by atoms with Crippen molar-refractivity contribution in [3.8, 4) is 0 Å². The molecule has 2 fully saturated rings. The van der Waals surface area contributed by atoms with Crippen LogP contribution in [0.5, 0.6) is 0 Å². The van der Waals surface area contributed by atoms with E-state index in [1.807, 2.05) is 11.8 Å². The first kappa shape index (κ1) is 24.5. The van der Waals surface area contributed by atoms with Gasteiger partial charge < -0.3 is 15.1 Å². The molecule has 1 saturated heterocycles. The number of rotatable bonds is 12. The molecule has 4 heteroatoms. The highest BCUT2D eigenvalue weighted by molar-refractivity contribution is 5.76. The molecule has 5 atom stereocenters. The summed E-state index contributed by atoms with van der Waals surface area (Å²) in [4.78, 5) is 14.2. The summed E-state index contributed by atoms with van der Waals surface area (Å²) in [6.07, 6.45) is 19.6. The summed E-state index contributed by atoms with van der Waals surface area (Å²) < 4.78 is 0. The molecule has 4 nitrogen and oxygen atoms in total. The van der Waals surface area contributed by atoms with Gasteiger partial charge in [-0.05, 0) is 76.5 Å². The number of allylic oxidation sites excluding steroid dienone is 2. The molecule has 0 aromatic heterocycles. The van der Waals surface area contributed by atoms with Gasteiger partial charge in [-0.3, -0.25) is 4.79 Å². The third kappa shape index (κ3) is 7.18. The maximum Gasteiger partial charge on any atom is 0.222 e. The number of nitrogens with zero attached hydrogens (tertiary/aromatic N) is 1. The summed E-state index contributed by atoms with van der Waals surface area (Å²) >= 11 is 0. The summed E-state index contributed by atoms with van der Waals surface area (Å²) in [5.74, 6) is 1.61. The SMILES string of the molecule is CCCC[C@](C)(O)CC=C[C@@H]1[C@H]2CC(CCCCCC(=O)N3CCCC3)=C[C@H]2C[C@H]1O. The van der Waals surface area contributed by atoms with E-state index < -0.39 is 5.60 Å². The van der Waals surface area contributed by atoms with E-state index in [4.69, 9.17) is 0 Å². The van der Waals surface area contributed by atoms with Crippen LogP contribution in [0.3, 0.4) is 0 Å². The normalized spacial score (nSPS) is 30.1. The van der Waals surface area contributed by atoms with Crippen molar-refractivity contribution in [3.63, 3.8) is 0 Å². The molecule has 0 radical (unpaired) electrons. The van der Waals surface area contributed by atoms with Gasteiger partial charge in [-0.25, -0.2) is 0 Å². The molecular weight excluding hydrogens is 386 g/mol. The summed E-state index contributed by atoms with van der Waals surface area (Å²) in [5.41, 5.74) is 0.922. The van der Waals surface area contributed by atoms with Crippen LogP contribution >= 0.6 is 0 Å². The fourth-order valence-corrected chi connectivity index (χ4v) is 5.86. The average Bonchev–Trinajstić information content (AvgIpc) is 3.44. The third-order valence-electron chi connectivity index (χ3n) is 7.78. The summed E-state index contributed by atoms with van der Waals surface area (Å²) in [7, 11) is 0. The van der Waals surface area contributed by atoms with E-state index in [0.29, 0.717) is 30.6 Å². The predicted molar refractivity (Wildman–Crippen MR) is 127 cm³/mol. The average molecular weight is 432 g/mol. The molecule has 0 spiro atoms. The van der Waals surface area contributed by atoms with Crippen molar-refractivity contribution in [3.05, 3.63) is 23.8 Å². The van der Waals surface area contributed by atoms with Crippen LogP contribution in [0.2, 0.25) is 0 Å². The van der Waals surface area contributed by atoms with Gasteiger partial charge in [0.1, 0.15) is 0 Å². The van der Waals surface area contributed by atoms with E-state index in [-0.39, 0.29) is 12.0 Å². The monoisotopic (exact) mass is 431 g/mol. The smallest absolute Gasteiger partial charge is 0.222 e. The van der Waals surface area contributed by atoms with Gasteiger partial charge in [-0.1, -0.05) is 50.0 Å². The first-order valence-corrected chi connectivity index (χ1v) is 12.9. The van der Waals surface area contributed by atoms with Gasteiger partial charge in [0.2, 0.25) is 5.91 Å². The molecule has 3 rings (SSSR count). The minimum atomic E-state index is -0.634. The zero-order chi connectivity index (χ0) is 22.3. The number of unbranched alkanes of at least 4 members (excludes halogenated alkanes) is 3. The highest BCUT2D eigenvalue weighted by atomic mass is 16.3. The molecule has 2 N–H and O–H groups in total. The molecule has 2 aliphatic carbocycles. The van der Waals surface area contributed by atoms with Crippen LogP contribution in [0.1, 0.15) is 97.3 Å². The molecule has 3 aliphatic rings. The van der Waals surface area contributed by atoms with Gasteiger partial charge >= 0.3 is 0 Å². The van der Waals surface area contributed by atoms with E-state index in [0.717, 1.165) is 64.5 Å². The topological polar surface area (TPSA) is 60.8 Å². The van der Waals surface area contributed by atoms with E-state index in [1.54, 1.807) is 5.57 Å². The van der Waals surface area contributed by atoms with Crippen molar-refractivity contribution >= 4 is 5.91 Å². The number of hydrogen-bond donors (Lipinski definition) is 2. The van der Waals surface area contributed by atoms with Gasteiger partial charge in [0, 0.05) is 25.4 Å². The molecular formula is C27H45NO3. The standard InChI is InChI=1S/C27H45NO3/c1-3-4-14-27(2,31)15-10-12-23-24-19-21(18-22(24)20-25(23)29)11-6-5-7-13-26(30)28-16-8-9-17-28/h10,12,18,22-25,29,31H,3-9,11,13-17,19-20H2,1-2H3/t22-,23+,24-,25+,27-/m0/s1. The lowest BCUT2D eigenvalue weighted by Gasteiger charge is -2.22. The Hall–Kier alpha value is -1.13. The minimum absolute atomic E-state index is 0.221. The van der Waals surface area contributed by atoms with E-state index >= 15 is 0 Å². The minimum Gasteiger partial charge on any atom is -0.392 e. The quantitative estimate of drug-likeness (QED) is 0.322. The molecule has 1 heterocycles. The number of carbonyl (C=O) groups is 1. The lowest BCUT2D eigenvalue weighted by Crippen LogP contribution is -2.27. The van der Waals surface area contributed by atoms with Crippen molar-refractivity contribution in [2.24, 2.45) is 17.8 Å². The van der Waals surface area contributed by atoms with Gasteiger partial charge in [0.25, 0.3) is 0 Å². The van der Waals surface area contributed by atoms with Crippen molar-refractivity contribution in [2.45, 2.75) is 109 Å². The fourth-order valence-electron chi connectivity index (χ4n) is 5.86. The van der Waals surface area contributed by atoms with Crippen LogP contribution in [0.15, 0.2) is 23.8 Å². The summed E-state index contributed by atoms with van der Waals surface area (Å²) in [6, 6.07) is 0. The number of aliphatic hydroxyl groups excluding tert-OH is 1. The van der Waals surface area contributed by atoms with Gasteiger partial charge in [0.05, 0.1) is 11.7 Å². The van der Waals surface area contributed by atoms with Crippen LogP contribution in [0.25, 0.3) is 0 Å². The van der Waals surface area contributed by atoms with Crippen LogP contribution in [0, 0.1) is 17.8 Å². The molecule has 0 unspecified atom stereocenters. The van der Waals surface area contributed by atoms with Gasteiger partial charge in [-0.2, -0.15) is 0 Å². The Labute approximate surface area is 189 Å². The Morgan fingerprint density at radius 1 is 1.23 bits per heavy atom. The number of hydrogen-bond acceptors (Lipinski definition) is 3. The molecule has 0 aromatic carbocycles. The highest BCUT2D eigenvalue weighted by Gasteiger charge is 2.43. The van der Waals surface area contributed by atoms with Crippen LogP contribution < -0.4 is 0 Å². The van der Waals surface area contributed by atoms with Crippen molar-refractivity contribution in [1.82, 2.24) is 4.90 Å².